The van der Waals surface area contributed by atoms with E-state index in [9.17, 15) is 9.59 Å². The molecule has 5 aliphatic rings. The van der Waals surface area contributed by atoms with E-state index in [4.69, 9.17) is 9.15 Å². The Morgan fingerprint density at radius 3 is 2.89 bits per heavy atom. The topological polar surface area (TPSA) is 63.0 Å². The van der Waals surface area contributed by atoms with Gasteiger partial charge in [0.25, 0.3) is 5.91 Å². The minimum Gasteiger partial charge on any atom is -0.483 e. The van der Waals surface area contributed by atoms with Gasteiger partial charge in [-0.15, -0.1) is 0 Å². The van der Waals surface area contributed by atoms with Crippen LogP contribution in [0.2, 0.25) is 0 Å². The Labute approximate surface area is 212 Å². The predicted molar refractivity (Wildman–Crippen MR) is 138 cm³/mol. The lowest BCUT2D eigenvalue weighted by Gasteiger charge is -2.54. The first-order chi connectivity index (χ1) is 17.6. The maximum Gasteiger partial charge on any atom is 0.339 e. The van der Waals surface area contributed by atoms with Gasteiger partial charge in [-0.1, -0.05) is 18.1 Å². The van der Waals surface area contributed by atoms with Crippen LogP contribution in [0, 0.1) is 18.8 Å². The summed E-state index contributed by atoms with van der Waals surface area (Å²) < 4.78 is 11.9. The van der Waals surface area contributed by atoms with E-state index in [-0.39, 0.29) is 24.2 Å². The zero-order valence-electron chi connectivity index (χ0n) is 21.3. The molecule has 7 rings (SSSR count). The summed E-state index contributed by atoms with van der Waals surface area (Å²) in [5, 5.41) is 0.878. The molecule has 2 aromatic rings. The summed E-state index contributed by atoms with van der Waals surface area (Å²) in [7, 11) is 0. The summed E-state index contributed by atoms with van der Waals surface area (Å²) >= 11 is 0. The molecule has 0 saturated carbocycles. The number of carbonyl (C=O) groups excluding carboxylic acids is 1. The van der Waals surface area contributed by atoms with Gasteiger partial charge in [0, 0.05) is 24.7 Å². The van der Waals surface area contributed by atoms with E-state index in [0.29, 0.717) is 29.2 Å². The molecule has 3 aliphatic heterocycles. The van der Waals surface area contributed by atoms with Crippen molar-refractivity contribution in [1.82, 2.24) is 9.80 Å². The number of piperidine rings is 3. The van der Waals surface area contributed by atoms with Gasteiger partial charge < -0.3 is 14.1 Å². The third-order valence-electron chi connectivity index (χ3n) is 9.51. The summed E-state index contributed by atoms with van der Waals surface area (Å²) in [6.07, 6.45) is 12.5. The maximum atomic E-state index is 13.7. The number of hydrogen-bond donors (Lipinski definition) is 0. The van der Waals surface area contributed by atoms with Crippen LogP contribution in [0.15, 0.2) is 33.0 Å². The highest BCUT2D eigenvalue weighted by molar-refractivity contribution is 5.89. The van der Waals surface area contributed by atoms with Crippen molar-refractivity contribution < 1.29 is 13.9 Å². The van der Waals surface area contributed by atoms with Crippen molar-refractivity contribution in [3.8, 4) is 5.75 Å². The number of ether oxygens (including phenoxy) is 1. The molecule has 6 nitrogen and oxygen atoms in total. The highest BCUT2D eigenvalue weighted by Gasteiger charge is 2.46. The van der Waals surface area contributed by atoms with Gasteiger partial charge in [0.05, 0.1) is 11.4 Å². The van der Waals surface area contributed by atoms with E-state index in [0.717, 1.165) is 67.3 Å². The second-order valence-electron chi connectivity index (χ2n) is 11.7. The number of rotatable bonds is 3. The first-order valence-electron chi connectivity index (χ1n) is 14.0. The average Bonchev–Trinajstić information content (AvgIpc) is 3.37. The number of fused-ring (bicyclic) bond motifs is 9. The summed E-state index contributed by atoms with van der Waals surface area (Å²) in [5.41, 5.74) is 4.63. The SMILES string of the molecule is Cc1cc(OCC(=O)N2CCCC3=CC4CC(CN5CCCCC45)C32)c2c3c(c(=O)oc2c1)CCC3. The maximum absolute atomic E-state index is 13.7. The van der Waals surface area contributed by atoms with E-state index in [2.05, 4.69) is 15.9 Å². The monoisotopic (exact) mass is 488 g/mol. The van der Waals surface area contributed by atoms with Gasteiger partial charge >= 0.3 is 5.63 Å². The lowest BCUT2D eigenvalue weighted by Crippen LogP contribution is -2.60. The predicted octanol–water partition coefficient (Wildman–Crippen LogP) is 4.39. The fourth-order valence-electron chi connectivity index (χ4n) is 8.09. The second kappa shape index (κ2) is 8.76. The van der Waals surface area contributed by atoms with E-state index < -0.39 is 0 Å². The zero-order valence-corrected chi connectivity index (χ0v) is 21.3. The summed E-state index contributed by atoms with van der Waals surface area (Å²) in [4.78, 5) is 31.0. The van der Waals surface area contributed by atoms with Crippen LogP contribution in [0.1, 0.15) is 61.6 Å². The minimum absolute atomic E-state index is 0.0265. The van der Waals surface area contributed by atoms with Gasteiger partial charge in [-0.25, -0.2) is 4.79 Å². The van der Waals surface area contributed by atoms with Crippen LogP contribution in [0.25, 0.3) is 11.0 Å². The Bertz CT molecular complexity index is 1310. The Morgan fingerprint density at radius 2 is 1.97 bits per heavy atom. The lowest BCUT2D eigenvalue weighted by molar-refractivity contribution is -0.138. The molecule has 2 bridgehead atoms. The number of carbonyl (C=O) groups is 1. The number of nitrogens with zero attached hydrogens (tertiary/aromatic N) is 2. The lowest BCUT2D eigenvalue weighted by atomic mass is 9.68. The van der Waals surface area contributed by atoms with Crippen LogP contribution in [0.5, 0.6) is 5.75 Å². The van der Waals surface area contributed by atoms with Gasteiger partial charge in [0.15, 0.2) is 6.61 Å². The van der Waals surface area contributed by atoms with Crippen LogP contribution in [-0.4, -0.2) is 54.0 Å². The van der Waals surface area contributed by atoms with Crippen molar-refractivity contribution in [2.45, 2.75) is 76.8 Å². The molecular weight excluding hydrogens is 452 g/mol. The Hall–Kier alpha value is -2.60. The minimum atomic E-state index is -0.228. The van der Waals surface area contributed by atoms with Crippen molar-refractivity contribution in [3.05, 3.63) is 50.9 Å². The molecule has 190 valence electrons. The Balaban J connectivity index is 1.15. The van der Waals surface area contributed by atoms with Crippen molar-refractivity contribution >= 4 is 16.9 Å². The third kappa shape index (κ3) is 3.63. The molecule has 0 radical (unpaired) electrons. The number of likely N-dealkylation sites (tertiary alicyclic amines) is 1. The quantitative estimate of drug-likeness (QED) is 0.474. The van der Waals surface area contributed by atoms with Crippen LogP contribution < -0.4 is 10.4 Å². The van der Waals surface area contributed by atoms with Gasteiger partial charge in [0.1, 0.15) is 11.3 Å². The molecule has 4 heterocycles. The average molecular weight is 489 g/mol. The molecule has 2 aliphatic carbocycles. The summed E-state index contributed by atoms with van der Waals surface area (Å²) in [6.45, 7) is 5.15. The highest BCUT2D eigenvalue weighted by atomic mass is 16.5. The number of hydrogen-bond acceptors (Lipinski definition) is 5. The third-order valence-corrected chi connectivity index (χ3v) is 9.51. The van der Waals surface area contributed by atoms with Gasteiger partial charge in [-0.3, -0.25) is 9.69 Å². The molecule has 4 unspecified atom stereocenters. The molecule has 6 heteroatoms. The van der Waals surface area contributed by atoms with E-state index in [1.54, 1.807) is 0 Å². The van der Waals surface area contributed by atoms with Gasteiger partial charge in [-0.05, 0) is 99.9 Å². The largest absolute Gasteiger partial charge is 0.483 e. The first kappa shape index (κ1) is 22.6. The number of aryl methyl sites for hydroxylation is 2. The molecule has 0 spiro atoms. The molecule has 1 aromatic carbocycles. The fourth-order valence-corrected chi connectivity index (χ4v) is 8.09. The van der Waals surface area contributed by atoms with Crippen molar-refractivity contribution in [3.63, 3.8) is 0 Å². The molecular formula is C30H36N2O4. The second-order valence-corrected chi connectivity index (χ2v) is 11.7. The molecule has 3 fully saturated rings. The van der Waals surface area contributed by atoms with Gasteiger partial charge in [-0.2, -0.15) is 0 Å². The smallest absolute Gasteiger partial charge is 0.339 e. The zero-order chi connectivity index (χ0) is 24.4. The molecule has 0 N–H and O–H groups in total. The van der Waals surface area contributed by atoms with Crippen molar-refractivity contribution in [2.24, 2.45) is 11.8 Å². The van der Waals surface area contributed by atoms with E-state index >= 15 is 0 Å². The van der Waals surface area contributed by atoms with Crippen LogP contribution in [-0.2, 0) is 17.6 Å². The van der Waals surface area contributed by atoms with Crippen molar-refractivity contribution in [2.75, 3.05) is 26.2 Å². The molecule has 36 heavy (non-hydrogen) atoms. The molecule has 1 amide bonds. The first-order valence-corrected chi connectivity index (χ1v) is 14.0. The highest BCUT2D eigenvalue weighted by Crippen LogP contribution is 2.45. The van der Waals surface area contributed by atoms with E-state index in [1.165, 1.54) is 37.8 Å². The fraction of sp³-hybridized carbons (Fsp3) is 0.600. The summed E-state index contributed by atoms with van der Waals surface area (Å²) in [5.74, 6) is 1.95. The van der Waals surface area contributed by atoms with E-state index in [1.807, 2.05) is 19.1 Å². The molecule has 1 aromatic heterocycles. The Kier molecular flexibility index (Phi) is 5.49. The van der Waals surface area contributed by atoms with Crippen LogP contribution >= 0.6 is 0 Å². The van der Waals surface area contributed by atoms with Crippen LogP contribution in [0.3, 0.4) is 0 Å². The number of benzene rings is 1. The summed E-state index contributed by atoms with van der Waals surface area (Å²) in [6, 6.07) is 4.83. The normalized spacial score (nSPS) is 29.4. The molecule has 4 atom stereocenters. The standard InChI is InChI=1S/C30H36N2O4/c1-18-12-25(28-22-7-4-8-23(22)30(34)36-26(28)13-18)35-17-27(33)32-11-5-6-19-14-20-15-21(29(19)32)16-31-10-3-2-9-24(20)31/h12-14,20-21,24,29H,2-11,15-17H2,1H3. The number of amides is 1. The van der Waals surface area contributed by atoms with Crippen LogP contribution in [0.4, 0.5) is 0 Å². The van der Waals surface area contributed by atoms with Crippen molar-refractivity contribution in [1.29, 1.82) is 0 Å². The Morgan fingerprint density at radius 1 is 1.08 bits per heavy atom. The molecule has 3 saturated heterocycles. The van der Waals surface area contributed by atoms with Gasteiger partial charge in [0.2, 0.25) is 0 Å².